The largest absolute Gasteiger partial charge is 0.373 e. The predicted octanol–water partition coefficient (Wildman–Crippen LogP) is 6.36. The van der Waals surface area contributed by atoms with E-state index in [1.807, 2.05) is 18.3 Å². The minimum atomic E-state index is -0.0779. The second-order valence-electron chi connectivity index (χ2n) is 7.98. The zero-order chi connectivity index (χ0) is 20.1. The highest BCUT2D eigenvalue weighted by Crippen LogP contribution is 2.51. The van der Waals surface area contributed by atoms with E-state index in [1.54, 1.807) is 11.3 Å². The fourth-order valence-corrected chi connectivity index (χ4v) is 5.74. The molecule has 6 rings (SSSR count). The number of thiophene rings is 1. The van der Waals surface area contributed by atoms with Gasteiger partial charge in [-0.05, 0) is 53.1 Å². The van der Waals surface area contributed by atoms with E-state index in [1.165, 1.54) is 16.0 Å². The van der Waals surface area contributed by atoms with Gasteiger partial charge in [-0.2, -0.15) is 0 Å². The molecule has 4 heteroatoms. The number of Topliss-reactive ketones (excluding diaryl/α,β-unsaturated/α-hetero) is 1. The van der Waals surface area contributed by atoms with E-state index in [0.717, 1.165) is 34.1 Å². The highest BCUT2D eigenvalue weighted by molar-refractivity contribution is 7.10. The molecule has 3 nitrogen and oxygen atoms in total. The monoisotopic (exact) mass is 408 g/mol. The molecule has 0 fully saturated rings. The zero-order valence-electron chi connectivity index (χ0n) is 16.3. The molecule has 0 spiro atoms. The molecule has 1 N–H and O–H groups in total. The molecule has 2 aromatic heterocycles. The Labute approximate surface area is 179 Å². The van der Waals surface area contributed by atoms with Gasteiger partial charge in [0.25, 0.3) is 0 Å². The lowest BCUT2D eigenvalue weighted by Crippen LogP contribution is -2.29. The number of hydrogen-bond acceptors (Lipinski definition) is 4. The van der Waals surface area contributed by atoms with Crippen LogP contribution < -0.4 is 5.32 Å². The number of carbonyl (C=O) groups excluding carboxylic acids is 1. The van der Waals surface area contributed by atoms with Crippen LogP contribution in [-0.4, -0.2) is 10.8 Å². The molecule has 2 aliphatic rings. The number of fused-ring (bicyclic) bond motifs is 4. The summed E-state index contributed by atoms with van der Waals surface area (Å²) in [6.07, 6.45) is 3.26. The van der Waals surface area contributed by atoms with Crippen molar-refractivity contribution in [1.29, 1.82) is 0 Å². The molecule has 0 bridgehead atoms. The first-order chi connectivity index (χ1) is 14.8. The first-order valence-corrected chi connectivity index (χ1v) is 11.2. The molecule has 30 heavy (non-hydrogen) atoms. The minimum absolute atomic E-state index is 0.0779. The molecule has 0 unspecified atom stereocenters. The molecule has 2 aromatic carbocycles. The molecule has 0 amide bonds. The van der Waals surface area contributed by atoms with Gasteiger partial charge in [-0.3, -0.25) is 9.78 Å². The molecule has 2 atom stereocenters. The number of nitrogens with zero attached hydrogens (tertiary/aromatic N) is 1. The Balaban J connectivity index is 1.59. The fourth-order valence-electron chi connectivity index (χ4n) is 4.96. The van der Waals surface area contributed by atoms with E-state index in [4.69, 9.17) is 0 Å². The third-order valence-electron chi connectivity index (χ3n) is 6.28. The Kier molecular flexibility index (Phi) is 4.06. The molecule has 0 saturated heterocycles. The van der Waals surface area contributed by atoms with Crippen LogP contribution in [0, 0.1) is 0 Å². The van der Waals surface area contributed by atoms with E-state index in [2.05, 4.69) is 70.3 Å². The van der Waals surface area contributed by atoms with Crippen LogP contribution in [-0.2, 0) is 4.79 Å². The summed E-state index contributed by atoms with van der Waals surface area (Å²) in [4.78, 5) is 19.3. The Bertz CT molecular complexity index is 1290. The van der Waals surface area contributed by atoms with E-state index in [9.17, 15) is 4.79 Å². The van der Waals surface area contributed by atoms with Crippen molar-refractivity contribution in [1.82, 2.24) is 4.98 Å². The van der Waals surface area contributed by atoms with Gasteiger partial charge in [0.05, 0.1) is 11.6 Å². The Morgan fingerprint density at radius 1 is 0.933 bits per heavy atom. The maximum Gasteiger partial charge on any atom is 0.162 e. The summed E-state index contributed by atoms with van der Waals surface area (Å²) in [6, 6.07) is 22.8. The first kappa shape index (κ1) is 17.6. The van der Waals surface area contributed by atoms with Gasteiger partial charge >= 0.3 is 0 Å². The lowest BCUT2D eigenvalue weighted by atomic mass is 9.72. The third-order valence-corrected chi connectivity index (χ3v) is 7.22. The van der Waals surface area contributed by atoms with E-state index in [0.29, 0.717) is 6.42 Å². The van der Waals surface area contributed by atoms with Gasteiger partial charge in [0.15, 0.2) is 5.78 Å². The van der Waals surface area contributed by atoms with Crippen molar-refractivity contribution in [3.63, 3.8) is 0 Å². The maximum absolute atomic E-state index is 13.6. The van der Waals surface area contributed by atoms with Crippen LogP contribution in [0.3, 0.4) is 0 Å². The van der Waals surface area contributed by atoms with Crippen molar-refractivity contribution >= 4 is 39.3 Å². The number of benzene rings is 2. The first-order valence-electron chi connectivity index (χ1n) is 10.3. The molecule has 3 heterocycles. The number of anilines is 1. The van der Waals surface area contributed by atoms with Gasteiger partial charge in [0.2, 0.25) is 0 Å². The number of ketones is 1. The molecule has 1 aliphatic heterocycles. The van der Waals surface area contributed by atoms with Crippen LogP contribution in [0.5, 0.6) is 0 Å². The van der Waals surface area contributed by atoms with Crippen molar-refractivity contribution in [2.24, 2.45) is 0 Å². The topological polar surface area (TPSA) is 42.0 Å². The van der Waals surface area contributed by atoms with Gasteiger partial charge < -0.3 is 5.32 Å². The summed E-state index contributed by atoms with van der Waals surface area (Å²) in [5.74, 6) is 0.460. The lowest BCUT2D eigenvalue weighted by molar-refractivity contribution is -0.116. The summed E-state index contributed by atoms with van der Waals surface area (Å²) in [6.45, 7) is 0. The third kappa shape index (κ3) is 2.71. The maximum atomic E-state index is 13.6. The number of aromatic nitrogens is 1. The van der Waals surface area contributed by atoms with Crippen LogP contribution >= 0.6 is 11.3 Å². The van der Waals surface area contributed by atoms with E-state index in [-0.39, 0.29) is 17.7 Å². The van der Waals surface area contributed by atoms with Crippen molar-refractivity contribution < 1.29 is 4.79 Å². The van der Waals surface area contributed by atoms with Crippen LogP contribution in [0.25, 0.3) is 16.5 Å². The second kappa shape index (κ2) is 6.92. The van der Waals surface area contributed by atoms with Gasteiger partial charge in [0.1, 0.15) is 0 Å². The molecule has 1 aliphatic carbocycles. The summed E-state index contributed by atoms with van der Waals surface area (Å²) in [5, 5.41) is 6.87. The highest BCUT2D eigenvalue weighted by Gasteiger charge is 2.38. The highest BCUT2D eigenvalue weighted by atomic mass is 32.1. The minimum Gasteiger partial charge on any atom is -0.373 e. The summed E-state index contributed by atoms with van der Waals surface area (Å²) < 4.78 is 0. The predicted molar refractivity (Wildman–Crippen MR) is 123 cm³/mol. The molecule has 0 saturated carbocycles. The van der Waals surface area contributed by atoms with Crippen molar-refractivity contribution in [3.05, 3.63) is 99.9 Å². The molecule has 146 valence electrons. The average molecular weight is 409 g/mol. The van der Waals surface area contributed by atoms with Gasteiger partial charge in [-0.15, -0.1) is 11.3 Å². The average Bonchev–Trinajstić information content (AvgIpc) is 3.33. The summed E-state index contributed by atoms with van der Waals surface area (Å²) >= 11 is 1.70. The number of carbonyl (C=O) groups is 1. The van der Waals surface area contributed by atoms with Gasteiger partial charge in [0, 0.05) is 39.7 Å². The standard InChI is InChI=1S/C26H20N2OS/c29-22-15-17(16-6-2-1-3-7-16)14-19-24-18-8-4-12-27-20(18)10-11-21(24)28-26(25(19)22)23-9-5-13-30-23/h1-13,17,26,28H,14-15H2/t17-,26+/m0/s1. The normalized spacial score (nSPS) is 20.6. The smallest absolute Gasteiger partial charge is 0.162 e. The lowest BCUT2D eigenvalue weighted by Gasteiger charge is -2.37. The second-order valence-corrected chi connectivity index (χ2v) is 8.96. The van der Waals surface area contributed by atoms with Crippen LogP contribution in [0.1, 0.15) is 40.8 Å². The Hall–Kier alpha value is -3.24. The number of rotatable bonds is 2. The molecule has 0 radical (unpaired) electrons. The van der Waals surface area contributed by atoms with Crippen molar-refractivity contribution in [3.8, 4) is 0 Å². The quantitative estimate of drug-likeness (QED) is 0.419. The molecular formula is C26H20N2OS. The van der Waals surface area contributed by atoms with E-state index < -0.39 is 0 Å². The van der Waals surface area contributed by atoms with Gasteiger partial charge in [-0.25, -0.2) is 0 Å². The van der Waals surface area contributed by atoms with Crippen molar-refractivity contribution in [2.45, 2.75) is 24.8 Å². The van der Waals surface area contributed by atoms with Crippen LogP contribution in [0.2, 0.25) is 0 Å². The Morgan fingerprint density at radius 3 is 2.67 bits per heavy atom. The summed E-state index contributed by atoms with van der Waals surface area (Å²) in [7, 11) is 0. The molecular weight excluding hydrogens is 388 g/mol. The SMILES string of the molecule is O=C1C[C@@H](c2ccccc2)CC2=C1[C@@H](c1cccs1)Nc1ccc3ncccc3c12. The number of hydrogen-bond donors (Lipinski definition) is 1. The van der Waals surface area contributed by atoms with E-state index >= 15 is 0 Å². The van der Waals surface area contributed by atoms with Crippen molar-refractivity contribution in [2.75, 3.05) is 5.32 Å². The van der Waals surface area contributed by atoms with Gasteiger partial charge in [-0.1, -0.05) is 42.5 Å². The van der Waals surface area contributed by atoms with Crippen LogP contribution in [0.4, 0.5) is 5.69 Å². The number of nitrogens with one attached hydrogen (secondary N) is 1. The number of allylic oxidation sites excluding steroid dienone is 1. The summed E-state index contributed by atoms with van der Waals surface area (Å²) in [5.41, 5.74) is 6.57. The fraction of sp³-hybridized carbons (Fsp3) is 0.154. The number of pyridine rings is 1. The zero-order valence-corrected chi connectivity index (χ0v) is 17.2. The van der Waals surface area contributed by atoms with Crippen LogP contribution in [0.15, 0.2) is 83.9 Å². The molecule has 4 aromatic rings. The Morgan fingerprint density at radius 2 is 1.83 bits per heavy atom.